The molecule has 0 radical (unpaired) electrons. The molecule has 1 N–H and O–H groups in total. The number of rotatable bonds is 5. The fourth-order valence-electron chi connectivity index (χ4n) is 1.56. The summed E-state index contributed by atoms with van der Waals surface area (Å²) in [6, 6.07) is 3.00. The first-order valence-electron chi connectivity index (χ1n) is 5.76. The van der Waals surface area contributed by atoms with E-state index in [0.717, 1.165) is 19.0 Å². The molecule has 2 heteroatoms. The fraction of sp³-hybridized carbons (Fsp3) is 0.538. The molecule has 82 valence electrons. The molecule has 1 nitrogen and oxygen atoms in total. The molecule has 0 saturated heterocycles. The molecule has 0 bridgehead atoms. The highest BCUT2D eigenvalue weighted by molar-refractivity contribution is 7.11. The highest BCUT2D eigenvalue weighted by atomic mass is 32.1. The van der Waals surface area contributed by atoms with Gasteiger partial charge in [0.1, 0.15) is 0 Å². The third-order valence-electron chi connectivity index (χ3n) is 2.89. The molecule has 1 aliphatic rings. The van der Waals surface area contributed by atoms with Crippen LogP contribution in [0.25, 0.3) is 6.08 Å². The molecule has 0 spiro atoms. The van der Waals surface area contributed by atoms with Gasteiger partial charge in [0.05, 0.1) is 0 Å². The van der Waals surface area contributed by atoms with Gasteiger partial charge in [-0.2, -0.15) is 0 Å². The van der Waals surface area contributed by atoms with Crippen LogP contribution in [0.5, 0.6) is 0 Å². The SMILES string of the molecule is CCC(=Cc1sccc1C)CNC1CC1. The topological polar surface area (TPSA) is 12.0 Å². The van der Waals surface area contributed by atoms with E-state index in [1.807, 2.05) is 11.3 Å². The molecule has 0 unspecified atom stereocenters. The fourth-order valence-corrected chi connectivity index (χ4v) is 2.47. The number of aryl methyl sites for hydroxylation is 1. The molecule has 1 aromatic rings. The molecule has 0 aliphatic heterocycles. The number of thiophene rings is 1. The predicted molar refractivity (Wildman–Crippen MR) is 68.3 cm³/mol. The standard InChI is InChI=1S/C13H19NS/c1-3-11(9-14-12-4-5-12)8-13-10(2)6-7-15-13/h6-8,12,14H,3-5,9H2,1-2H3. The van der Waals surface area contributed by atoms with Gasteiger partial charge >= 0.3 is 0 Å². The molecule has 0 amide bonds. The lowest BCUT2D eigenvalue weighted by Crippen LogP contribution is -2.18. The molecule has 2 rings (SSSR count). The van der Waals surface area contributed by atoms with Crippen molar-refractivity contribution in [2.75, 3.05) is 6.54 Å². The van der Waals surface area contributed by atoms with Crippen LogP contribution in [0.2, 0.25) is 0 Å². The van der Waals surface area contributed by atoms with E-state index >= 15 is 0 Å². The van der Waals surface area contributed by atoms with Crippen LogP contribution < -0.4 is 5.32 Å². The van der Waals surface area contributed by atoms with Crippen LogP contribution in [0.4, 0.5) is 0 Å². The molecule has 1 fully saturated rings. The summed E-state index contributed by atoms with van der Waals surface area (Å²) in [5.41, 5.74) is 2.92. The highest BCUT2D eigenvalue weighted by Crippen LogP contribution is 2.22. The smallest absolute Gasteiger partial charge is 0.0299 e. The van der Waals surface area contributed by atoms with Crippen molar-refractivity contribution >= 4 is 17.4 Å². The van der Waals surface area contributed by atoms with E-state index in [4.69, 9.17) is 0 Å². The van der Waals surface area contributed by atoms with Crippen LogP contribution in [-0.2, 0) is 0 Å². The maximum absolute atomic E-state index is 3.58. The first-order valence-corrected chi connectivity index (χ1v) is 6.64. The van der Waals surface area contributed by atoms with Crippen molar-refractivity contribution < 1.29 is 0 Å². The van der Waals surface area contributed by atoms with Crippen molar-refractivity contribution in [1.82, 2.24) is 5.32 Å². The Morgan fingerprint density at radius 1 is 1.60 bits per heavy atom. The third-order valence-corrected chi connectivity index (χ3v) is 3.85. The number of hydrogen-bond donors (Lipinski definition) is 1. The largest absolute Gasteiger partial charge is 0.310 e. The molecular formula is C13H19NS. The summed E-state index contributed by atoms with van der Waals surface area (Å²) in [5.74, 6) is 0. The molecular weight excluding hydrogens is 202 g/mol. The summed E-state index contributed by atoms with van der Waals surface area (Å²) < 4.78 is 0. The molecule has 0 atom stereocenters. The maximum atomic E-state index is 3.58. The van der Waals surface area contributed by atoms with Crippen LogP contribution in [0.15, 0.2) is 17.0 Å². The Morgan fingerprint density at radius 2 is 2.40 bits per heavy atom. The van der Waals surface area contributed by atoms with Gasteiger partial charge in [-0.15, -0.1) is 11.3 Å². The summed E-state index contributed by atoms with van der Waals surface area (Å²) in [4.78, 5) is 1.42. The van der Waals surface area contributed by atoms with Gasteiger partial charge in [0.25, 0.3) is 0 Å². The summed E-state index contributed by atoms with van der Waals surface area (Å²) >= 11 is 1.84. The van der Waals surface area contributed by atoms with E-state index in [-0.39, 0.29) is 0 Å². The van der Waals surface area contributed by atoms with Crippen LogP contribution >= 0.6 is 11.3 Å². The van der Waals surface area contributed by atoms with Crippen molar-refractivity contribution in [3.05, 3.63) is 27.5 Å². The zero-order valence-corrected chi connectivity index (χ0v) is 10.4. The molecule has 1 aromatic heterocycles. The van der Waals surface area contributed by atoms with Gasteiger partial charge < -0.3 is 5.32 Å². The van der Waals surface area contributed by atoms with Gasteiger partial charge in [0, 0.05) is 17.5 Å². The maximum Gasteiger partial charge on any atom is 0.0299 e. The van der Waals surface area contributed by atoms with Crippen LogP contribution in [-0.4, -0.2) is 12.6 Å². The Morgan fingerprint density at radius 3 is 2.93 bits per heavy atom. The summed E-state index contributed by atoms with van der Waals surface area (Å²) in [6.45, 7) is 5.49. The average molecular weight is 221 g/mol. The van der Waals surface area contributed by atoms with Crippen molar-refractivity contribution in [2.24, 2.45) is 0 Å². The van der Waals surface area contributed by atoms with Crippen molar-refractivity contribution in [1.29, 1.82) is 0 Å². The van der Waals surface area contributed by atoms with Gasteiger partial charge in [-0.25, -0.2) is 0 Å². The second-order valence-corrected chi connectivity index (χ2v) is 5.23. The third kappa shape index (κ3) is 3.18. The predicted octanol–water partition coefficient (Wildman–Crippen LogP) is 3.60. The number of hydrogen-bond acceptors (Lipinski definition) is 2. The first-order chi connectivity index (χ1) is 7.29. The van der Waals surface area contributed by atoms with Gasteiger partial charge in [0.15, 0.2) is 0 Å². The van der Waals surface area contributed by atoms with E-state index in [9.17, 15) is 0 Å². The van der Waals surface area contributed by atoms with Crippen LogP contribution in [0.1, 0.15) is 36.6 Å². The Bertz CT molecular complexity index is 347. The van der Waals surface area contributed by atoms with Gasteiger partial charge in [-0.3, -0.25) is 0 Å². The zero-order chi connectivity index (χ0) is 10.7. The van der Waals surface area contributed by atoms with E-state index in [0.29, 0.717) is 0 Å². The quantitative estimate of drug-likeness (QED) is 0.801. The van der Waals surface area contributed by atoms with Gasteiger partial charge in [-0.05, 0) is 49.3 Å². The lowest BCUT2D eigenvalue weighted by atomic mass is 10.1. The Hall–Kier alpha value is -0.600. The Labute approximate surface area is 96.2 Å². The first kappa shape index (κ1) is 10.9. The van der Waals surface area contributed by atoms with E-state index in [1.165, 1.54) is 28.9 Å². The van der Waals surface area contributed by atoms with Crippen molar-refractivity contribution in [2.45, 2.75) is 39.2 Å². The average Bonchev–Trinajstić information content (AvgIpc) is 2.98. The Balaban J connectivity index is 1.97. The van der Waals surface area contributed by atoms with E-state index < -0.39 is 0 Å². The molecule has 0 aromatic carbocycles. The monoisotopic (exact) mass is 221 g/mol. The normalized spacial score (nSPS) is 17.1. The molecule has 1 saturated carbocycles. The van der Waals surface area contributed by atoms with Gasteiger partial charge in [0.2, 0.25) is 0 Å². The van der Waals surface area contributed by atoms with Crippen LogP contribution in [0.3, 0.4) is 0 Å². The summed E-state index contributed by atoms with van der Waals surface area (Å²) in [6.07, 6.45) is 6.25. The second-order valence-electron chi connectivity index (χ2n) is 4.28. The zero-order valence-electron chi connectivity index (χ0n) is 9.55. The lowest BCUT2D eigenvalue weighted by molar-refractivity contribution is 0.723. The minimum atomic E-state index is 0.810. The molecule has 15 heavy (non-hydrogen) atoms. The van der Waals surface area contributed by atoms with Crippen molar-refractivity contribution in [3.8, 4) is 0 Å². The Kier molecular flexibility index (Phi) is 3.60. The van der Waals surface area contributed by atoms with Gasteiger partial charge in [-0.1, -0.05) is 12.5 Å². The molecule has 1 aliphatic carbocycles. The lowest BCUT2D eigenvalue weighted by Gasteiger charge is -2.05. The highest BCUT2D eigenvalue weighted by Gasteiger charge is 2.20. The minimum absolute atomic E-state index is 0.810. The molecule has 1 heterocycles. The van der Waals surface area contributed by atoms with Crippen molar-refractivity contribution in [3.63, 3.8) is 0 Å². The second kappa shape index (κ2) is 4.95. The van der Waals surface area contributed by atoms with E-state index in [1.54, 1.807) is 0 Å². The minimum Gasteiger partial charge on any atom is -0.310 e. The summed E-state index contributed by atoms with van der Waals surface area (Å²) in [5, 5.41) is 5.75. The number of nitrogens with one attached hydrogen (secondary N) is 1. The van der Waals surface area contributed by atoms with Crippen LogP contribution in [0, 0.1) is 6.92 Å². The summed E-state index contributed by atoms with van der Waals surface area (Å²) in [7, 11) is 0. The van der Waals surface area contributed by atoms with E-state index in [2.05, 4.69) is 36.7 Å².